The highest BCUT2D eigenvalue weighted by molar-refractivity contribution is 7.47. The lowest BCUT2D eigenvalue weighted by Gasteiger charge is -2.25. The third-order valence-electron chi connectivity index (χ3n) is 14.3. The number of hydrogen-bond donors (Lipinski definition) is 10. The number of aliphatic hydroxyl groups is 5. The molecule has 3 aliphatic rings. The van der Waals surface area contributed by atoms with Crippen molar-refractivity contribution < 1.29 is 76.8 Å². The minimum atomic E-state index is -5.37. The van der Waals surface area contributed by atoms with Gasteiger partial charge < -0.3 is 65.5 Å². The minimum Gasteiger partial charge on any atom is -0.394 e. The van der Waals surface area contributed by atoms with Gasteiger partial charge in [-0.1, -0.05) is 91.0 Å². The highest BCUT2D eigenvalue weighted by atomic mass is 31.2. The van der Waals surface area contributed by atoms with E-state index < -0.39 is 109 Å². The molecule has 9 heterocycles. The lowest BCUT2D eigenvalue weighted by molar-refractivity contribution is -0.0645. The van der Waals surface area contributed by atoms with Gasteiger partial charge in [-0.3, -0.25) is 31.8 Å². The maximum atomic E-state index is 14.1. The van der Waals surface area contributed by atoms with Gasteiger partial charge in [-0.25, -0.2) is 54.0 Å². The molecule has 10 N–H and O–H groups in total. The Morgan fingerprint density at radius 1 is 0.452 bits per heavy atom. The van der Waals surface area contributed by atoms with Crippen molar-refractivity contribution in [2.45, 2.75) is 93.3 Å². The molecule has 3 aliphatic heterocycles. The van der Waals surface area contributed by atoms with Crippen molar-refractivity contribution in [2.75, 3.05) is 35.8 Å². The van der Waals surface area contributed by atoms with Crippen molar-refractivity contribution in [3.8, 4) is 0 Å². The molecule has 31 nitrogen and oxygen atoms in total. The van der Waals surface area contributed by atoms with E-state index in [0.717, 1.165) is 16.7 Å². The number of aliphatic hydroxyl groups excluding tert-OH is 5. The number of phosphoric ester groups is 2. The van der Waals surface area contributed by atoms with Gasteiger partial charge in [-0.15, -0.1) is 0 Å². The molecule has 440 valence electrons. The number of nitrogens with one attached hydrogen (secondary N) is 3. The molecule has 9 aromatic rings. The molecule has 0 amide bonds. The third kappa shape index (κ3) is 11.9. The van der Waals surface area contributed by atoms with E-state index in [1.807, 2.05) is 91.0 Å². The molecule has 0 aliphatic carbocycles. The predicted molar refractivity (Wildman–Crippen MR) is 291 cm³/mol. The van der Waals surface area contributed by atoms with Crippen molar-refractivity contribution in [2.24, 2.45) is 0 Å². The number of rotatable bonds is 23. The summed E-state index contributed by atoms with van der Waals surface area (Å²) in [6.07, 6.45) is -11.7. The van der Waals surface area contributed by atoms with E-state index in [1.165, 1.54) is 51.7 Å². The van der Waals surface area contributed by atoms with Crippen molar-refractivity contribution in [1.82, 2.24) is 58.6 Å². The highest BCUT2D eigenvalue weighted by Crippen LogP contribution is 2.53. The monoisotopic (exact) mass is 1200 g/mol. The standard InChI is InChI=1S/C51H55N15O16P2/c67-19-31-38(69)41(50(78-31)65-26-62-35-44(56-23-59-47(35)65)53-17-29-12-6-2-7-13-29)81-84(74,75)77-21-33-39(70)42(51(80-33)66-27-63-36-45(57-24-60-48(36)66)54-18-30-14-8-3-9-15-30)82-83(72,73)76-20-32-37(68)40(71)49(79-32)64-25-61-34-43(55-22-58-46(34)64)52-16-28-10-4-1-5-11-28/h1-15,22-27,31-33,37-42,49-51,67-71H,16-21H2,(H,72,73)(H,74,75)(H,52,55,58)(H,53,56,59)(H,54,57,60)/t31-,32-,33-,37-,38-,39-,40-,41-,42-,49-,50-,51-/m1/s1. The van der Waals surface area contributed by atoms with E-state index in [0.29, 0.717) is 36.8 Å². The molecule has 84 heavy (non-hydrogen) atoms. The van der Waals surface area contributed by atoms with Crippen LogP contribution in [-0.2, 0) is 61.1 Å². The SMILES string of the molecule is O=P(O)(OC[C@H]1O[C@@H](n2cnc3c(NCc4ccccc4)ncnc32)[C@H](OP(=O)(O)OC[C@H]2O[C@@H](n3cnc4c(NCc5ccccc5)ncnc43)[C@H](O)[C@@H]2O)[C@@H]1O)O[C@@H]1[C@H](O)[C@@H](CO)O[C@H]1n1cnc2c(NCc3ccccc3)ncnc21. The lowest BCUT2D eigenvalue weighted by atomic mass is 10.1. The van der Waals surface area contributed by atoms with Crippen molar-refractivity contribution >= 4 is 66.6 Å². The van der Waals surface area contributed by atoms with Crippen LogP contribution >= 0.6 is 15.6 Å². The van der Waals surface area contributed by atoms with Crippen LogP contribution in [0.15, 0.2) is 129 Å². The predicted octanol–water partition coefficient (Wildman–Crippen LogP) is 2.47. The number of imidazole rings is 3. The van der Waals surface area contributed by atoms with Crippen LogP contribution in [0.5, 0.6) is 0 Å². The van der Waals surface area contributed by atoms with Gasteiger partial charge >= 0.3 is 15.6 Å². The summed E-state index contributed by atoms with van der Waals surface area (Å²) in [5.74, 6) is 1.02. The zero-order valence-electron chi connectivity index (χ0n) is 43.9. The smallest absolute Gasteiger partial charge is 0.394 e. The van der Waals surface area contributed by atoms with Gasteiger partial charge in [0.15, 0.2) is 69.6 Å². The van der Waals surface area contributed by atoms with Crippen LogP contribution in [0.4, 0.5) is 17.5 Å². The Kier molecular flexibility index (Phi) is 16.5. The second-order valence-corrected chi connectivity index (χ2v) is 22.5. The number of hydrogen-bond acceptors (Lipinski definition) is 26. The third-order valence-corrected chi connectivity index (χ3v) is 16.2. The number of ether oxygens (including phenoxy) is 3. The van der Waals surface area contributed by atoms with Gasteiger partial charge in [-0.2, -0.15) is 0 Å². The van der Waals surface area contributed by atoms with E-state index in [4.69, 9.17) is 32.3 Å². The van der Waals surface area contributed by atoms with Gasteiger partial charge in [0.05, 0.1) is 38.8 Å². The first-order valence-electron chi connectivity index (χ1n) is 26.2. The summed E-state index contributed by atoms with van der Waals surface area (Å²) in [5, 5.41) is 65.5. The summed E-state index contributed by atoms with van der Waals surface area (Å²) >= 11 is 0. The van der Waals surface area contributed by atoms with E-state index in [-0.39, 0.29) is 33.8 Å². The Morgan fingerprint density at radius 2 is 0.798 bits per heavy atom. The van der Waals surface area contributed by atoms with E-state index in [2.05, 4.69) is 60.8 Å². The molecule has 0 bridgehead atoms. The van der Waals surface area contributed by atoms with E-state index in [9.17, 15) is 44.4 Å². The fourth-order valence-electron chi connectivity index (χ4n) is 10.0. The van der Waals surface area contributed by atoms with Crippen LogP contribution in [0.2, 0.25) is 0 Å². The molecular formula is C51H55N15O16P2. The number of fused-ring (bicyclic) bond motifs is 3. The number of aromatic nitrogens is 12. The van der Waals surface area contributed by atoms with Crippen LogP contribution in [0.1, 0.15) is 35.4 Å². The average Bonchev–Trinajstić information content (AvgIpc) is 2.94. The molecule has 3 saturated heterocycles. The molecule has 0 spiro atoms. The van der Waals surface area contributed by atoms with Gasteiger partial charge in [0.2, 0.25) is 0 Å². The zero-order chi connectivity index (χ0) is 58.1. The normalized spacial score (nSPS) is 26.7. The Bertz CT molecular complexity index is 3820. The topological polar surface area (TPSA) is 407 Å². The average molecular weight is 1200 g/mol. The Morgan fingerprint density at radius 3 is 1.19 bits per heavy atom. The second-order valence-electron chi connectivity index (χ2n) is 19.7. The zero-order valence-corrected chi connectivity index (χ0v) is 45.6. The molecule has 3 fully saturated rings. The van der Waals surface area contributed by atoms with E-state index in [1.54, 1.807) is 0 Å². The molecule has 6 aromatic heterocycles. The largest absolute Gasteiger partial charge is 0.472 e. The summed E-state index contributed by atoms with van der Waals surface area (Å²) in [6.45, 7) is -1.40. The van der Waals surface area contributed by atoms with Crippen LogP contribution in [0.3, 0.4) is 0 Å². The van der Waals surface area contributed by atoms with Crippen LogP contribution in [-0.4, -0.2) is 169 Å². The first kappa shape index (κ1) is 57.1. The van der Waals surface area contributed by atoms with Crippen LogP contribution < -0.4 is 16.0 Å². The molecule has 14 atom stereocenters. The molecule has 33 heteroatoms. The Labute approximate surface area is 475 Å². The molecular weight excluding hydrogens is 1140 g/mol. The fourth-order valence-corrected chi connectivity index (χ4v) is 11.9. The minimum absolute atomic E-state index is 0.0905. The summed E-state index contributed by atoms with van der Waals surface area (Å²) in [7, 11) is -10.7. The number of benzene rings is 3. The van der Waals surface area contributed by atoms with Gasteiger partial charge in [0, 0.05) is 19.6 Å². The highest BCUT2D eigenvalue weighted by Gasteiger charge is 2.53. The summed E-state index contributed by atoms with van der Waals surface area (Å²) in [6, 6.07) is 28.5. The number of nitrogens with zero attached hydrogens (tertiary/aromatic N) is 12. The molecule has 12 rings (SSSR count). The van der Waals surface area contributed by atoms with Crippen molar-refractivity contribution in [3.63, 3.8) is 0 Å². The first-order chi connectivity index (χ1) is 40.7. The Hall–Kier alpha value is -7.39. The van der Waals surface area contributed by atoms with Crippen molar-refractivity contribution in [3.05, 3.63) is 146 Å². The number of anilines is 3. The van der Waals surface area contributed by atoms with E-state index >= 15 is 0 Å². The lowest BCUT2D eigenvalue weighted by Crippen LogP contribution is -2.37. The second kappa shape index (κ2) is 24.3. The molecule has 2 unspecified atom stereocenters. The summed E-state index contributed by atoms with van der Waals surface area (Å²) < 4.78 is 72.2. The molecule has 0 radical (unpaired) electrons. The maximum absolute atomic E-state index is 14.1. The molecule has 3 aromatic carbocycles. The van der Waals surface area contributed by atoms with Crippen LogP contribution in [0, 0.1) is 0 Å². The quantitative estimate of drug-likeness (QED) is 0.0411. The van der Waals surface area contributed by atoms with Crippen molar-refractivity contribution in [1.29, 1.82) is 0 Å². The molecule has 0 saturated carbocycles. The first-order valence-corrected chi connectivity index (χ1v) is 29.2. The van der Waals surface area contributed by atoms with Gasteiger partial charge in [0.25, 0.3) is 0 Å². The number of phosphoric acid groups is 2. The summed E-state index contributed by atoms with van der Waals surface area (Å²) in [5.41, 5.74) is 4.18. The van der Waals surface area contributed by atoms with Gasteiger partial charge in [-0.05, 0) is 16.7 Å². The van der Waals surface area contributed by atoms with Crippen LogP contribution in [0.25, 0.3) is 33.5 Å². The Balaban J connectivity index is 0.756. The van der Waals surface area contributed by atoms with Gasteiger partial charge in [0.1, 0.15) is 73.9 Å². The maximum Gasteiger partial charge on any atom is 0.472 e. The fraction of sp³-hybridized carbons (Fsp3) is 0.353. The summed E-state index contributed by atoms with van der Waals surface area (Å²) in [4.78, 5) is 62.0.